The number of fused-ring (bicyclic) bond motifs is 2. The minimum Gasteiger partial charge on any atom is -0.415 e. The van der Waals surface area contributed by atoms with Crippen LogP contribution in [0.5, 0.6) is 5.75 Å². The molecule has 1 saturated heterocycles. The Balaban J connectivity index is 1.62. The Morgan fingerprint density at radius 3 is 2.59 bits per heavy atom. The number of hydrogen-bond acceptors (Lipinski definition) is 7. The van der Waals surface area contributed by atoms with Crippen molar-refractivity contribution >= 4 is 5.97 Å². The standard InChI is InChI=1S/C21H23N3O5/c1-12-27-19(28-12)15-16(29-18(26)14-5-3-2-4-6-14)17(25)24-11-13-7-9-21(22,10-8-13)20(24)23-15/h2-6,12-13,19H,7-11,22H2,1H3. The van der Waals surface area contributed by atoms with Crippen molar-refractivity contribution in [1.82, 2.24) is 9.55 Å². The molecule has 4 heterocycles. The first-order chi connectivity index (χ1) is 13.9. The van der Waals surface area contributed by atoms with E-state index in [1.165, 1.54) is 0 Å². The maximum Gasteiger partial charge on any atom is 0.343 e. The van der Waals surface area contributed by atoms with E-state index in [4.69, 9.17) is 24.9 Å². The normalized spacial score (nSPS) is 30.2. The van der Waals surface area contributed by atoms with Crippen LogP contribution in [0.2, 0.25) is 0 Å². The van der Waals surface area contributed by atoms with E-state index in [-0.39, 0.29) is 11.4 Å². The summed E-state index contributed by atoms with van der Waals surface area (Å²) in [4.78, 5) is 30.8. The van der Waals surface area contributed by atoms with Gasteiger partial charge in [0, 0.05) is 6.54 Å². The number of esters is 1. The minimum absolute atomic E-state index is 0.149. The summed E-state index contributed by atoms with van der Waals surface area (Å²) in [7, 11) is 0. The molecular weight excluding hydrogens is 374 g/mol. The van der Waals surface area contributed by atoms with Gasteiger partial charge in [-0.05, 0) is 50.7 Å². The third-order valence-electron chi connectivity index (χ3n) is 6.10. The van der Waals surface area contributed by atoms with Gasteiger partial charge in [-0.3, -0.25) is 9.36 Å². The molecule has 2 fully saturated rings. The average molecular weight is 397 g/mol. The number of nitrogens with zero attached hydrogens (tertiary/aromatic N) is 2. The van der Waals surface area contributed by atoms with Crippen molar-refractivity contribution in [3.8, 4) is 5.75 Å². The number of carbonyl (C=O) groups is 1. The van der Waals surface area contributed by atoms with Crippen molar-refractivity contribution in [2.75, 3.05) is 0 Å². The molecule has 0 spiro atoms. The fourth-order valence-corrected chi connectivity index (χ4v) is 4.43. The summed E-state index contributed by atoms with van der Waals surface area (Å²) < 4.78 is 18.3. The zero-order valence-electron chi connectivity index (χ0n) is 16.2. The molecule has 8 nitrogen and oxygen atoms in total. The fraction of sp³-hybridized carbons (Fsp3) is 0.476. The van der Waals surface area contributed by atoms with Crippen LogP contribution in [-0.2, 0) is 21.6 Å². The van der Waals surface area contributed by atoms with Gasteiger partial charge in [0.2, 0.25) is 12.0 Å². The number of nitrogens with two attached hydrogens (primary N) is 1. The van der Waals surface area contributed by atoms with Crippen LogP contribution in [0.3, 0.4) is 0 Å². The summed E-state index contributed by atoms with van der Waals surface area (Å²) in [6.45, 7) is 2.27. The second kappa shape index (κ2) is 6.76. The van der Waals surface area contributed by atoms with Crippen LogP contribution in [0.25, 0.3) is 0 Å². The Kier molecular flexibility index (Phi) is 4.31. The highest BCUT2D eigenvalue weighted by atomic mass is 16.9. The molecule has 0 radical (unpaired) electrons. The van der Waals surface area contributed by atoms with Crippen molar-refractivity contribution in [2.24, 2.45) is 11.7 Å². The first-order valence-electron chi connectivity index (χ1n) is 9.97. The summed E-state index contributed by atoms with van der Waals surface area (Å²) >= 11 is 0. The molecule has 1 aliphatic carbocycles. The molecule has 152 valence electrons. The monoisotopic (exact) mass is 397 g/mol. The highest BCUT2D eigenvalue weighted by Crippen LogP contribution is 2.42. The second-order valence-corrected chi connectivity index (χ2v) is 8.09. The fourth-order valence-electron chi connectivity index (χ4n) is 4.43. The molecule has 0 atom stereocenters. The molecule has 2 aromatic rings. The highest BCUT2D eigenvalue weighted by molar-refractivity contribution is 5.91. The maximum atomic E-state index is 13.4. The van der Waals surface area contributed by atoms with E-state index in [0.29, 0.717) is 23.9 Å². The summed E-state index contributed by atoms with van der Waals surface area (Å²) in [5.41, 5.74) is 6.11. The van der Waals surface area contributed by atoms with E-state index >= 15 is 0 Å². The lowest BCUT2D eigenvalue weighted by molar-refractivity contribution is -0.384. The van der Waals surface area contributed by atoms with Gasteiger partial charge >= 0.3 is 5.97 Å². The Bertz CT molecular complexity index is 1000. The maximum absolute atomic E-state index is 13.4. The summed E-state index contributed by atoms with van der Waals surface area (Å²) in [5.74, 6) is 0.123. The van der Waals surface area contributed by atoms with E-state index in [1.54, 1.807) is 41.8 Å². The van der Waals surface area contributed by atoms with Crippen LogP contribution in [0.15, 0.2) is 35.1 Å². The molecule has 1 saturated carbocycles. The number of carbonyl (C=O) groups excluding carboxylic acids is 1. The molecule has 2 bridgehead atoms. The third kappa shape index (κ3) is 3.08. The zero-order chi connectivity index (χ0) is 20.2. The van der Waals surface area contributed by atoms with Crippen LogP contribution in [0, 0.1) is 5.92 Å². The first-order valence-corrected chi connectivity index (χ1v) is 9.97. The second-order valence-electron chi connectivity index (χ2n) is 8.09. The molecule has 1 aromatic heterocycles. The predicted octanol–water partition coefficient (Wildman–Crippen LogP) is 2.21. The van der Waals surface area contributed by atoms with Crippen LogP contribution in [0.4, 0.5) is 0 Å². The highest BCUT2D eigenvalue weighted by Gasteiger charge is 2.44. The average Bonchev–Trinajstić information content (AvgIpc) is 2.93. The van der Waals surface area contributed by atoms with Gasteiger partial charge < -0.3 is 19.9 Å². The van der Waals surface area contributed by atoms with E-state index in [2.05, 4.69) is 0 Å². The summed E-state index contributed by atoms with van der Waals surface area (Å²) in [5, 5.41) is 0. The lowest BCUT2D eigenvalue weighted by Gasteiger charge is -2.35. The first kappa shape index (κ1) is 18.5. The Morgan fingerprint density at radius 1 is 1.24 bits per heavy atom. The molecule has 8 heteroatoms. The molecular formula is C21H23N3O5. The van der Waals surface area contributed by atoms with Gasteiger partial charge in [-0.25, -0.2) is 9.78 Å². The number of hydrogen-bond donors (Lipinski definition) is 1. The van der Waals surface area contributed by atoms with Crippen LogP contribution in [0.1, 0.15) is 60.8 Å². The van der Waals surface area contributed by atoms with E-state index in [1.807, 2.05) is 0 Å². The van der Waals surface area contributed by atoms with E-state index in [9.17, 15) is 9.59 Å². The van der Waals surface area contributed by atoms with Gasteiger partial charge in [0.15, 0.2) is 6.29 Å². The van der Waals surface area contributed by atoms with Crippen molar-refractivity contribution in [3.63, 3.8) is 0 Å². The topological polar surface area (TPSA) is 106 Å². The molecule has 1 aromatic carbocycles. The van der Waals surface area contributed by atoms with E-state index in [0.717, 1.165) is 25.7 Å². The van der Waals surface area contributed by atoms with Gasteiger partial charge in [-0.15, -0.1) is 0 Å². The molecule has 3 aliphatic heterocycles. The third-order valence-corrected chi connectivity index (χ3v) is 6.10. The minimum atomic E-state index is -0.855. The molecule has 29 heavy (non-hydrogen) atoms. The lowest BCUT2D eigenvalue weighted by atomic mass is 9.78. The quantitative estimate of drug-likeness (QED) is 0.792. The summed E-state index contributed by atoms with van der Waals surface area (Å²) in [6, 6.07) is 8.52. The predicted molar refractivity (Wildman–Crippen MR) is 102 cm³/mol. The smallest absolute Gasteiger partial charge is 0.343 e. The lowest BCUT2D eigenvalue weighted by Crippen LogP contribution is -2.44. The van der Waals surface area contributed by atoms with Crippen LogP contribution < -0.4 is 16.0 Å². The van der Waals surface area contributed by atoms with Crippen molar-refractivity contribution in [3.05, 3.63) is 57.8 Å². The van der Waals surface area contributed by atoms with Gasteiger partial charge in [0.1, 0.15) is 11.5 Å². The molecule has 6 rings (SSSR count). The van der Waals surface area contributed by atoms with Crippen molar-refractivity contribution < 1.29 is 19.0 Å². The Hall–Kier alpha value is -2.55. The van der Waals surface area contributed by atoms with E-state index < -0.39 is 29.6 Å². The molecule has 4 aliphatic rings. The van der Waals surface area contributed by atoms with Crippen LogP contribution >= 0.6 is 0 Å². The number of ether oxygens (including phenoxy) is 3. The van der Waals surface area contributed by atoms with Crippen molar-refractivity contribution in [1.29, 1.82) is 0 Å². The number of rotatable bonds is 3. The largest absolute Gasteiger partial charge is 0.415 e. The Labute approximate surface area is 167 Å². The molecule has 0 unspecified atom stereocenters. The number of benzene rings is 1. The molecule has 0 amide bonds. The van der Waals surface area contributed by atoms with Crippen LogP contribution in [-0.4, -0.2) is 21.8 Å². The molecule has 2 N–H and O–H groups in total. The van der Waals surface area contributed by atoms with Gasteiger partial charge in [-0.1, -0.05) is 18.2 Å². The Morgan fingerprint density at radius 2 is 1.93 bits per heavy atom. The van der Waals surface area contributed by atoms with Gasteiger partial charge in [-0.2, -0.15) is 0 Å². The summed E-state index contributed by atoms with van der Waals surface area (Å²) in [6.07, 6.45) is 2.17. The van der Waals surface area contributed by atoms with Crippen molar-refractivity contribution in [2.45, 2.75) is 57.3 Å². The SMILES string of the molecule is CC1OC(c2nc3n(c(=O)c2OC(=O)c2ccccc2)CC2CCC3(N)CC2)O1. The van der Waals surface area contributed by atoms with Gasteiger partial charge in [0.25, 0.3) is 5.56 Å². The zero-order valence-corrected chi connectivity index (χ0v) is 16.2. The van der Waals surface area contributed by atoms with Gasteiger partial charge in [0.05, 0.1) is 11.1 Å². The number of aromatic nitrogens is 2.